The first-order valence-electron chi connectivity index (χ1n) is 7.52. The third-order valence-electron chi connectivity index (χ3n) is 3.59. The molecular formula is C18H18N2O2. The van der Waals surface area contributed by atoms with Gasteiger partial charge < -0.3 is 9.84 Å². The van der Waals surface area contributed by atoms with Crippen molar-refractivity contribution in [1.82, 2.24) is 10.5 Å². The molecule has 0 radical (unpaired) electrons. The number of fused-ring (bicyclic) bond motifs is 1. The molecule has 3 rings (SSSR count). The van der Waals surface area contributed by atoms with Gasteiger partial charge in [0.1, 0.15) is 5.52 Å². The summed E-state index contributed by atoms with van der Waals surface area (Å²) in [6.07, 6.45) is 2.04. The number of nitrogens with one attached hydrogen (secondary N) is 1. The molecule has 3 aromatic rings. The van der Waals surface area contributed by atoms with Gasteiger partial charge in [-0.3, -0.25) is 4.79 Å². The van der Waals surface area contributed by atoms with Gasteiger partial charge >= 0.3 is 0 Å². The van der Waals surface area contributed by atoms with E-state index in [2.05, 4.69) is 17.4 Å². The van der Waals surface area contributed by atoms with E-state index >= 15 is 0 Å². The Labute approximate surface area is 129 Å². The number of hydrogen-bond acceptors (Lipinski definition) is 3. The number of hydrogen-bond donors (Lipinski definition) is 1. The summed E-state index contributed by atoms with van der Waals surface area (Å²) in [6, 6.07) is 15.2. The van der Waals surface area contributed by atoms with Crippen LogP contribution in [-0.4, -0.2) is 17.6 Å². The van der Waals surface area contributed by atoms with Crippen molar-refractivity contribution in [3.63, 3.8) is 0 Å². The van der Waals surface area contributed by atoms with Gasteiger partial charge in [0.2, 0.25) is 0 Å². The second kappa shape index (κ2) is 6.43. The molecule has 1 amide bonds. The van der Waals surface area contributed by atoms with E-state index in [4.69, 9.17) is 4.52 Å². The van der Waals surface area contributed by atoms with Gasteiger partial charge in [0.05, 0.1) is 5.39 Å². The molecule has 0 aliphatic carbocycles. The Balaban J connectivity index is 1.93. The number of carbonyl (C=O) groups is 1. The van der Waals surface area contributed by atoms with Crippen LogP contribution in [-0.2, 0) is 0 Å². The molecule has 4 nitrogen and oxygen atoms in total. The molecule has 4 heteroatoms. The molecule has 2 aromatic carbocycles. The van der Waals surface area contributed by atoms with Gasteiger partial charge in [-0.05, 0) is 24.6 Å². The molecule has 0 saturated carbocycles. The summed E-state index contributed by atoms with van der Waals surface area (Å²) in [5.41, 5.74) is 2.33. The molecule has 0 spiro atoms. The summed E-state index contributed by atoms with van der Waals surface area (Å²) in [5.74, 6) is 0.634. The Bertz CT molecular complexity index is 778. The van der Waals surface area contributed by atoms with Crippen LogP contribution in [0.5, 0.6) is 0 Å². The molecule has 0 unspecified atom stereocenters. The standard InChI is InChI=1S/C18H18N2O2/c1-2-3-11-19-18(21)14-9-10-16-15(12-14)17(22-20-16)13-7-5-4-6-8-13/h4-10,12H,2-3,11H2,1H3,(H,19,21). The Morgan fingerprint density at radius 1 is 1.18 bits per heavy atom. The summed E-state index contributed by atoms with van der Waals surface area (Å²) >= 11 is 0. The quantitative estimate of drug-likeness (QED) is 0.723. The van der Waals surface area contributed by atoms with Crippen molar-refractivity contribution in [2.75, 3.05) is 6.54 Å². The van der Waals surface area contributed by atoms with E-state index in [0.29, 0.717) is 17.9 Å². The number of benzene rings is 2. The lowest BCUT2D eigenvalue weighted by atomic mass is 10.1. The SMILES string of the molecule is CCCCNC(=O)c1ccc2noc(-c3ccccc3)c2c1. The topological polar surface area (TPSA) is 55.1 Å². The normalized spacial score (nSPS) is 10.8. The molecule has 0 bridgehead atoms. The lowest BCUT2D eigenvalue weighted by molar-refractivity contribution is 0.0953. The van der Waals surface area contributed by atoms with Crippen molar-refractivity contribution in [2.24, 2.45) is 0 Å². The summed E-state index contributed by atoms with van der Waals surface area (Å²) in [7, 11) is 0. The summed E-state index contributed by atoms with van der Waals surface area (Å²) in [6.45, 7) is 2.80. The van der Waals surface area contributed by atoms with Crippen LogP contribution in [0.1, 0.15) is 30.1 Å². The molecule has 0 aliphatic heterocycles. The Kier molecular flexibility index (Phi) is 4.19. The van der Waals surface area contributed by atoms with E-state index in [-0.39, 0.29) is 5.91 Å². The van der Waals surface area contributed by atoms with Gasteiger partial charge in [0.15, 0.2) is 5.76 Å². The molecule has 112 valence electrons. The number of rotatable bonds is 5. The Morgan fingerprint density at radius 2 is 2.00 bits per heavy atom. The van der Waals surface area contributed by atoms with Crippen LogP contribution in [0.2, 0.25) is 0 Å². The molecule has 0 atom stereocenters. The maximum absolute atomic E-state index is 12.2. The molecule has 1 N–H and O–H groups in total. The molecule has 1 heterocycles. The second-order valence-electron chi connectivity index (χ2n) is 5.22. The fraction of sp³-hybridized carbons (Fsp3) is 0.222. The highest BCUT2D eigenvalue weighted by molar-refractivity contribution is 6.00. The predicted octanol–water partition coefficient (Wildman–Crippen LogP) is 4.02. The number of aromatic nitrogens is 1. The zero-order chi connectivity index (χ0) is 15.4. The number of unbranched alkanes of at least 4 members (excludes halogenated alkanes) is 1. The van der Waals surface area contributed by atoms with Crippen LogP contribution in [0.4, 0.5) is 0 Å². The van der Waals surface area contributed by atoms with Crippen molar-refractivity contribution >= 4 is 16.8 Å². The summed E-state index contributed by atoms with van der Waals surface area (Å²) in [5, 5.41) is 7.85. The number of amides is 1. The van der Waals surface area contributed by atoms with Gasteiger partial charge in [0, 0.05) is 17.7 Å². The van der Waals surface area contributed by atoms with Crippen LogP contribution in [0.25, 0.3) is 22.2 Å². The van der Waals surface area contributed by atoms with Gasteiger partial charge in [-0.25, -0.2) is 0 Å². The van der Waals surface area contributed by atoms with Gasteiger partial charge in [-0.2, -0.15) is 0 Å². The highest BCUT2D eigenvalue weighted by Gasteiger charge is 2.13. The van der Waals surface area contributed by atoms with Crippen molar-refractivity contribution in [1.29, 1.82) is 0 Å². The van der Waals surface area contributed by atoms with Gasteiger partial charge in [0.25, 0.3) is 5.91 Å². The Hall–Kier alpha value is -2.62. The van der Waals surface area contributed by atoms with Crippen molar-refractivity contribution in [3.8, 4) is 11.3 Å². The third-order valence-corrected chi connectivity index (χ3v) is 3.59. The average molecular weight is 294 g/mol. The average Bonchev–Trinajstić information content (AvgIpc) is 2.99. The molecule has 0 fully saturated rings. The first-order chi connectivity index (χ1) is 10.8. The highest BCUT2D eigenvalue weighted by atomic mass is 16.5. The molecule has 22 heavy (non-hydrogen) atoms. The minimum Gasteiger partial charge on any atom is -0.355 e. The Morgan fingerprint density at radius 3 is 2.77 bits per heavy atom. The third kappa shape index (κ3) is 2.86. The van der Waals surface area contributed by atoms with Crippen molar-refractivity contribution < 1.29 is 9.32 Å². The van der Waals surface area contributed by atoms with Crippen LogP contribution < -0.4 is 5.32 Å². The van der Waals surface area contributed by atoms with Crippen LogP contribution in [0.3, 0.4) is 0 Å². The smallest absolute Gasteiger partial charge is 0.251 e. The lowest BCUT2D eigenvalue weighted by Crippen LogP contribution is -2.24. The van der Waals surface area contributed by atoms with E-state index in [0.717, 1.165) is 29.3 Å². The molecule has 1 aromatic heterocycles. The maximum Gasteiger partial charge on any atom is 0.251 e. The number of carbonyl (C=O) groups excluding carboxylic acids is 1. The fourth-order valence-electron chi connectivity index (χ4n) is 2.36. The molecule has 0 saturated heterocycles. The second-order valence-corrected chi connectivity index (χ2v) is 5.22. The van der Waals surface area contributed by atoms with E-state index < -0.39 is 0 Å². The lowest BCUT2D eigenvalue weighted by Gasteiger charge is -2.04. The van der Waals surface area contributed by atoms with Gasteiger partial charge in [-0.1, -0.05) is 48.8 Å². The minimum absolute atomic E-state index is 0.0597. The first-order valence-corrected chi connectivity index (χ1v) is 7.52. The minimum atomic E-state index is -0.0597. The highest BCUT2D eigenvalue weighted by Crippen LogP contribution is 2.29. The monoisotopic (exact) mass is 294 g/mol. The fourth-order valence-corrected chi connectivity index (χ4v) is 2.36. The predicted molar refractivity (Wildman–Crippen MR) is 86.7 cm³/mol. The van der Waals surface area contributed by atoms with E-state index in [1.807, 2.05) is 42.5 Å². The van der Waals surface area contributed by atoms with Crippen molar-refractivity contribution in [2.45, 2.75) is 19.8 Å². The van der Waals surface area contributed by atoms with Crippen LogP contribution >= 0.6 is 0 Å². The zero-order valence-corrected chi connectivity index (χ0v) is 12.5. The van der Waals surface area contributed by atoms with E-state index in [9.17, 15) is 4.79 Å². The number of nitrogens with zero attached hydrogens (tertiary/aromatic N) is 1. The van der Waals surface area contributed by atoms with E-state index in [1.54, 1.807) is 6.07 Å². The summed E-state index contributed by atoms with van der Waals surface area (Å²) < 4.78 is 5.45. The summed E-state index contributed by atoms with van der Waals surface area (Å²) in [4.78, 5) is 12.2. The first kappa shape index (κ1) is 14.3. The molecule has 0 aliphatic rings. The largest absolute Gasteiger partial charge is 0.355 e. The van der Waals surface area contributed by atoms with Gasteiger partial charge in [-0.15, -0.1) is 0 Å². The van der Waals surface area contributed by atoms with Crippen LogP contribution in [0, 0.1) is 0 Å². The maximum atomic E-state index is 12.2. The van der Waals surface area contributed by atoms with E-state index in [1.165, 1.54) is 0 Å². The zero-order valence-electron chi connectivity index (χ0n) is 12.5. The van der Waals surface area contributed by atoms with Crippen molar-refractivity contribution in [3.05, 3.63) is 54.1 Å². The molecular weight excluding hydrogens is 276 g/mol. The van der Waals surface area contributed by atoms with Crippen LogP contribution in [0.15, 0.2) is 53.1 Å².